The lowest BCUT2D eigenvalue weighted by Gasteiger charge is -2.21. The molecule has 0 radical (unpaired) electrons. The number of carbonyl (C=O) groups is 1. The molecule has 2 aromatic heterocycles. The van der Waals surface area contributed by atoms with Gasteiger partial charge in [0, 0.05) is 50.4 Å². The molecule has 1 aliphatic heterocycles. The average Bonchev–Trinajstić information content (AvgIpc) is 3.71. The van der Waals surface area contributed by atoms with E-state index in [1.165, 1.54) is 11.6 Å². The number of rotatable bonds is 9. The summed E-state index contributed by atoms with van der Waals surface area (Å²) < 4.78 is 31.6. The quantitative estimate of drug-likeness (QED) is 0.259. The monoisotopic (exact) mass is 580 g/mol. The van der Waals surface area contributed by atoms with Crippen LogP contribution in [0.4, 0.5) is 8.78 Å². The van der Waals surface area contributed by atoms with E-state index >= 15 is 0 Å². The molecule has 0 bridgehead atoms. The van der Waals surface area contributed by atoms with Crippen molar-refractivity contribution in [2.24, 2.45) is 7.05 Å². The Balaban J connectivity index is 1.25. The van der Waals surface area contributed by atoms with Crippen LogP contribution in [-0.2, 0) is 24.7 Å². The first kappa shape index (κ1) is 28.5. The van der Waals surface area contributed by atoms with Gasteiger partial charge >= 0.3 is 0 Å². The third kappa shape index (κ3) is 6.27. The van der Waals surface area contributed by atoms with Crippen LogP contribution in [-0.4, -0.2) is 56.0 Å². The van der Waals surface area contributed by atoms with Gasteiger partial charge in [0.2, 0.25) is 5.91 Å². The van der Waals surface area contributed by atoms with Gasteiger partial charge in [0.1, 0.15) is 0 Å². The predicted molar refractivity (Wildman–Crippen MR) is 162 cm³/mol. The number of nitrogens with one attached hydrogen (secondary N) is 1. The molecular weight excluding hydrogens is 546 g/mol. The third-order valence-corrected chi connectivity index (χ3v) is 8.22. The second-order valence-electron chi connectivity index (χ2n) is 11.2. The highest BCUT2D eigenvalue weighted by atomic mass is 19.2. The molecule has 9 heteroatoms. The van der Waals surface area contributed by atoms with Crippen LogP contribution in [0.15, 0.2) is 91.3 Å². The zero-order valence-electron chi connectivity index (χ0n) is 24.3. The number of carbonyl (C=O) groups excluding carboxylic acids is 1. The third-order valence-electron chi connectivity index (χ3n) is 8.22. The first-order valence-corrected chi connectivity index (χ1v) is 14.5. The molecule has 6 rings (SSSR count). The molecule has 1 amide bonds. The van der Waals surface area contributed by atoms with Gasteiger partial charge < -0.3 is 10.2 Å². The van der Waals surface area contributed by atoms with Crippen molar-refractivity contribution < 1.29 is 13.6 Å². The van der Waals surface area contributed by atoms with E-state index in [9.17, 15) is 13.6 Å². The molecule has 0 spiro atoms. The van der Waals surface area contributed by atoms with E-state index in [0.717, 1.165) is 47.2 Å². The molecule has 1 N–H and O–H groups in total. The maximum Gasteiger partial charge on any atom is 0.226 e. The number of para-hydroxylation sites is 1. The summed E-state index contributed by atoms with van der Waals surface area (Å²) in [6.07, 6.45) is 4.64. The molecule has 1 aliphatic rings. The summed E-state index contributed by atoms with van der Waals surface area (Å²) in [7, 11) is 1.86. The first-order chi connectivity index (χ1) is 20.9. The molecule has 3 aromatic carbocycles. The molecule has 2 atom stereocenters. The number of hydrogen-bond donors (Lipinski definition) is 1. The summed E-state index contributed by atoms with van der Waals surface area (Å²) in [5.74, 6) is -2.09. The number of likely N-dealkylation sites (tertiary alicyclic amines) is 1. The Morgan fingerprint density at radius 2 is 1.72 bits per heavy atom. The highest BCUT2D eigenvalue weighted by Crippen LogP contribution is 2.30. The van der Waals surface area contributed by atoms with Crippen LogP contribution in [0.5, 0.6) is 0 Å². The normalized spacial score (nSPS) is 16.9. The minimum atomic E-state index is -0.879. The summed E-state index contributed by atoms with van der Waals surface area (Å²) in [5.41, 5.74) is 6.10. The number of hydrogen-bond acceptors (Lipinski definition) is 4. The van der Waals surface area contributed by atoms with Crippen LogP contribution in [0.2, 0.25) is 0 Å². The predicted octanol–water partition coefficient (Wildman–Crippen LogP) is 5.23. The fourth-order valence-corrected chi connectivity index (χ4v) is 5.98. The van der Waals surface area contributed by atoms with Crippen molar-refractivity contribution in [2.75, 3.05) is 19.6 Å². The number of amides is 1. The number of aryl methyl sites for hydroxylation is 1. The van der Waals surface area contributed by atoms with Gasteiger partial charge in [0.15, 0.2) is 11.6 Å². The van der Waals surface area contributed by atoms with Crippen molar-refractivity contribution in [2.45, 2.75) is 31.7 Å². The maximum atomic E-state index is 14.3. The van der Waals surface area contributed by atoms with E-state index < -0.39 is 11.6 Å². The Bertz CT molecular complexity index is 1720. The second-order valence-corrected chi connectivity index (χ2v) is 11.2. The van der Waals surface area contributed by atoms with Crippen LogP contribution in [0.3, 0.4) is 0 Å². The lowest BCUT2D eigenvalue weighted by molar-refractivity contribution is -0.121. The molecule has 0 saturated carbocycles. The standard InChI is InChI=1S/C34H34F2N6O/c1-23-32(42(27-11-7-4-8-12-27)39-34(23)26-19-37-40(2)20-26)18-33(43)38-31-22-41(16-15-24-9-5-3-6-10-24)21-28(31)25-13-14-29(35)30(36)17-25/h3-14,17,19-20,28,31H,15-16,18,21-22H2,1-2H3,(H,38,43)/t28-,31+/m0/s1. The molecular formula is C34H34F2N6O. The molecule has 1 fully saturated rings. The van der Waals surface area contributed by atoms with Crippen LogP contribution < -0.4 is 5.32 Å². The second kappa shape index (κ2) is 12.3. The van der Waals surface area contributed by atoms with Gasteiger partial charge in [-0.15, -0.1) is 0 Å². The zero-order chi connectivity index (χ0) is 29.9. The van der Waals surface area contributed by atoms with Crippen LogP contribution >= 0.6 is 0 Å². The van der Waals surface area contributed by atoms with Gasteiger partial charge in [-0.25, -0.2) is 13.5 Å². The summed E-state index contributed by atoms with van der Waals surface area (Å²) in [6.45, 7) is 4.02. The maximum absolute atomic E-state index is 14.3. The summed E-state index contributed by atoms with van der Waals surface area (Å²) in [6, 6.07) is 23.8. The minimum absolute atomic E-state index is 0.110. The summed E-state index contributed by atoms with van der Waals surface area (Å²) >= 11 is 0. The van der Waals surface area contributed by atoms with E-state index in [0.29, 0.717) is 18.7 Å². The molecule has 3 heterocycles. The number of halogens is 2. The molecule has 0 unspecified atom stereocenters. The Labute approximate surface area is 249 Å². The van der Waals surface area contributed by atoms with Crippen LogP contribution in [0.1, 0.15) is 28.3 Å². The Morgan fingerprint density at radius 1 is 0.977 bits per heavy atom. The smallest absolute Gasteiger partial charge is 0.226 e. The van der Waals surface area contributed by atoms with Crippen molar-refractivity contribution in [1.29, 1.82) is 0 Å². The van der Waals surface area contributed by atoms with Gasteiger partial charge in [0.25, 0.3) is 0 Å². The average molecular weight is 581 g/mol. The largest absolute Gasteiger partial charge is 0.351 e. The van der Waals surface area contributed by atoms with E-state index in [1.807, 2.05) is 73.4 Å². The molecule has 0 aliphatic carbocycles. The SMILES string of the molecule is Cc1c(-c2cnn(C)c2)nn(-c2ccccc2)c1CC(=O)N[C@@H]1CN(CCc2ccccc2)C[C@H]1c1ccc(F)c(F)c1. The lowest BCUT2D eigenvalue weighted by atomic mass is 9.94. The van der Waals surface area contributed by atoms with Crippen LogP contribution in [0.25, 0.3) is 16.9 Å². The van der Waals surface area contributed by atoms with Crippen molar-refractivity contribution in [3.63, 3.8) is 0 Å². The van der Waals surface area contributed by atoms with Gasteiger partial charge in [-0.3, -0.25) is 9.48 Å². The molecule has 220 valence electrons. The highest BCUT2D eigenvalue weighted by molar-refractivity contribution is 5.80. The van der Waals surface area contributed by atoms with Crippen molar-refractivity contribution >= 4 is 5.91 Å². The van der Waals surface area contributed by atoms with Gasteiger partial charge in [-0.2, -0.15) is 10.2 Å². The van der Waals surface area contributed by atoms with E-state index in [-0.39, 0.29) is 24.3 Å². The van der Waals surface area contributed by atoms with Crippen molar-refractivity contribution in [1.82, 2.24) is 29.8 Å². The Hall–Kier alpha value is -4.63. The number of aromatic nitrogens is 4. The van der Waals surface area contributed by atoms with Gasteiger partial charge in [-0.1, -0.05) is 54.6 Å². The molecule has 5 aromatic rings. The van der Waals surface area contributed by atoms with Crippen molar-refractivity contribution in [3.05, 3.63) is 125 Å². The van der Waals surface area contributed by atoms with Crippen molar-refractivity contribution in [3.8, 4) is 16.9 Å². The summed E-state index contributed by atoms with van der Waals surface area (Å²) in [5, 5.41) is 12.4. The first-order valence-electron chi connectivity index (χ1n) is 14.5. The number of benzene rings is 3. The number of nitrogens with zero attached hydrogens (tertiary/aromatic N) is 5. The van der Waals surface area contributed by atoms with E-state index in [1.54, 1.807) is 16.9 Å². The molecule has 43 heavy (non-hydrogen) atoms. The zero-order valence-corrected chi connectivity index (χ0v) is 24.3. The molecule has 7 nitrogen and oxygen atoms in total. The fraction of sp³-hybridized carbons (Fsp3) is 0.265. The topological polar surface area (TPSA) is 68.0 Å². The van der Waals surface area contributed by atoms with E-state index in [4.69, 9.17) is 5.10 Å². The molecule has 1 saturated heterocycles. The Kier molecular flexibility index (Phi) is 8.16. The summed E-state index contributed by atoms with van der Waals surface area (Å²) in [4.78, 5) is 16.0. The Morgan fingerprint density at radius 3 is 2.42 bits per heavy atom. The van der Waals surface area contributed by atoms with E-state index in [2.05, 4.69) is 27.4 Å². The minimum Gasteiger partial charge on any atom is -0.351 e. The lowest BCUT2D eigenvalue weighted by Crippen LogP contribution is -2.41. The van der Waals surface area contributed by atoms with Crippen LogP contribution in [0, 0.1) is 18.6 Å². The van der Waals surface area contributed by atoms with Gasteiger partial charge in [-0.05, 0) is 54.3 Å². The fourth-order valence-electron chi connectivity index (χ4n) is 5.98. The highest BCUT2D eigenvalue weighted by Gasteiger charge is 2.35. The van der Waals surface area contributed by atoms with Gasteiger partial charge in [0.05, 0.1) is 29.7 Å².